The molecule has 0 bridgehead atoms. The van der Waals surface area contributed by atoms with Crippen LogP contribution in [-0.2, 0) is 14.0 Å². The molecule has 1 unspecified atom stereocenters. The van der Waals surface area contributed by atoms with E-state index in [1.54, 1.807) is 0 Å². The van der Waals surface area contributed by atoms with Crippen molar-refractivity contribution in [2.75, 3.05) is 13.2 Å². The Morgan fingerprint density at radius 2 is 1.93 bits per heavy atom. The fraction of sp³-hybridized carbons (Fsp3) is 0.667. The van der Waals surface area contributed by atoms with E-state index in [4.69, 9.17) is 18.8 Å². The summed E-state index contributed by atoms with van der Waals surface area (Å²) in [7, 11) is -0.462. The van der Waals surface area contributed by atoms with Gasteiger partial charge in [0.25, 0.3) is 0 Å². The maximum atomic E-state index is 6.29. The van der Waals surface area contributed by atoms with E-state index in [-0.39, 0.29) is 6.23 Å². The topological polar surface area (TPSA) is 54.7 Å². The first-order valence-corrected chi connectivity index (χ1v) is 10.4. The molecule has 1 aromatic heterocycles. The molecule has 2 aliphatic heterocycles. The van der Waals surface area contributed by atoms with Crippen molar-refractivity contribution >= 4 is 23.5 Å². The fourth-order valence-corrected chi connectivity index (χ4v) is 3.78. The minimum absolute atomic E-state index is 0.00651. The molecule has 152 valence electrons. The number of benzene rings is 1. The molecule has 2 aliphatic rings. The Labute approximate surface area is 167 Å². The minimum atomic E-state index is -0.462. The van der Waals surface area contributed by atoms with Crippen molar-refractivity contribution in [1.29, 1.82) is 0 Å². The predicted molar refractivity (Wildman–Crippen MR) is 110 cm³/mol. The molecule has 3 heterocycles. The lowest BCUT2D eigenvalue weighted by Crippen LogP contribution is -2.41. The van der Waals surface area contributed by atoms with Crippen LogP contribution in [0.25, 0.3) is 10.9 Å². The second kappa shape index (κ2) is 7.36. The lowest BCUT2D eigenvalue weighted by molar-refractivity contribution is -0.0366. The van der Waals surface area contributed by atoms with Gasteiger partial charge in [-0.25, -0.2) is 4.68 Å². The molecule has 0 amide bonds. The molecule has 2 fully saturated rings. The van der Waals surface area contributed by atoms with Crippen molar-refractivity contribution in [3.05, 3.63) is 18.3 Å². The Kier molecular flexibility index (Phi) is 5.19. The maximum Gasteiger partial charge on any atom is 0.498 e. The Balaban J connectivity index is 1.75. The van der Waals surface area contributed by atoms with Gasteiger partial charge in [0, 0.05) is 12.1 Å². The summed E-state index contributed by atoms with van der Waals surface area (Å²) in [6, 6.07) is 4.13. The quantitative estimate of drug-likeness (QED) is 0.732. The van der Waals surface area contributed by atoms with Crippen LogP contribution in [0.3, 0.4) is 0 Å². The van der Waals surface area contributed by atoms with Gasteiger partial charge in [-0.05, 0) is 59.4 Å². The third-order valence-electron chi connectivity index (χ3n) is 6.15. The number of hydrogen-bond acceptors (Lipinski definition) is 5. The van der Waals surface area contributed by atoms with Crippen molar-refractivity contribution < 1.29 is 18.8 Å². The van der Waals surface area contributed by atoms with Crippen molar-refractivity contribution in [1.82, 2.24) is 9.78 Å². The van der Waals surface area contributed by atoms with E-state index in [2.05, 4.69) is 51.9 Å². The van der Waals surface area contributed by atoms with Gasteiger partial charge < -0.3 is 18.8 Å². The Bertz CT molecular complexity index is 826. The molecule has 6 nitrogen and oxygen atoms in total. The monoisotopic (exact) mass is 386 g/mol. The Morgan fingerprint density at radius 3 is 2.57 bits per heavy atom. The molecular weight excluding hydrogens is 355 g/mol. The summed E-state index contributed by atoms with van der Waals surface area (Å²) < 4.78 is 26.7. The summed E-state index contributed by atoms with van der Waals surface area (Å²) in [5.41, 5.74) is 1.16. The number of aromatic nitrogens is 2. The lowest BCUT2D eigenvalue weighted by atomic mass is 9.77. The maximum absolute atomic E-state index is 6.29. The molecule has 0 saturated carbocycles. The van der Waals surface area contributed by atoms with Crippen LogP contribution in [0, 0.1) is 0 Å². The van der Waals surface area contributed by atoms with Crippen LogP contribution in [0.15, 0.2) is 18.3 Å². The highest BCUT2D eigenvalue weighted by atomic mass is 16.7. The van der Waals surface area contributed by atoms with E-state index in [1.807, 2.05) is 10.9 Å². The van der Waals surface area contributed by atoms with Crippen LogP contribution in [0.4, 0.5) is 0 Å². The van der Waals surface area contributed by atoms with Gasteiger partial charge in [-0.15, -0.1) is 0 Å². The molecule has 2 saturated heterocycles. The molecule has 0 spiro atoms. The molecule has 0 radical (unpaired) electrons. The van der Waals surface area contributed by atoms with Crippen molar-refractivity contribution in [2.24, 2.45) is 0 Å². The van der Waals surface area contributed by atoms with Crippen LogP contribution in [0.2, 0.25) is 0 Å². The molecule has 0 aliphatic carbocycles. The predicted octanol–water partition coefficient (Wildman–Crippen LogP) is 3.82. The van der Waals surface area contributed by atoms with Gasteiger partial charge in [-0.2, -0.15) is 5.10 Å². The van der Waals surface area contributed by atoms with E-state index in [0.29, 0.717) is 6.61 Å². The van der Waals surface area contributed by atoms with Crippen molar-refractivity contribution in [3.63, 3.8) is 0 Å². The highest BCUT2D eigenvalue weighted by Gasteiger charge is 2.52. The smallest absolute Gasteiger partial charge is 0.493 e. The number of ether oxygens (including phenoxy) is 2. The molecule has 2 aromatic rings. The van der Waals surface area contributed by atoms with Gasteiger partial charge in [0.2, 0.25) is 0 Å². The zero-order valence-corrected chi connectivity index (χ0v) is 17.7. The molecule has 4 rings (SSSR count). The fourth-order valence-electron chi connectivity index (χ4n) is 3.78. The van der Waals surface area contributed by atoms with Crippen molar-refractivity contribution in [3.8, 4) is 5.75 Å². The average molecular weight is 386 g/mol. The Morgan fingerprint density at radius 1 is 1.18 bits per heavy atom. The summed E-state index contributed by atoms with van der Waals surface area (Å²) in [4.78, 5) is 0. The van der Waals surface area contributed by atoms with E-state index in [1.165, 1.54) is 0 Å². The van der Waals surface area contributed by atoms with Crippen LogP contribution in [-0.4, -0.2) is 41.3 Å². The van der Waals surface area contributed by atoms with Gasteiger partial charge in [0.05, 0.1) is 34.9 Å². The first kappa shape index (κ1) is 19.7. The highest BCUT2D eigenvalue weighted by molar-refractivity contribution is 6.63. The lowest BCUT2D eigenvalue weighted by Gasteiger charge is -2.32. The van der Waals surface area contributed by atoms with E-state index in [9.17, 15) is 0 Å². The molecular formula is C21H31BN2O4. The molecule has 28 heavy (non-hydrogen) atoms. The SMILES string of the molecule is CCCOc1c(B2OC(C)(C)C(C)(C)O2)ccc2c1cnn2C1CCCCO1. The van der Waals surface area contributed by atoms with E-state index in [0.717, 1.165) is 54.4 Å². The first-order valence-electron chi connectivity index (χ1n) is 10.4. The van der Waals surface area contributed by atoms with E-state index >= 15 is 0 Å². The number of hydrogen-bond donors (Lipinski definition) is 0. The standard InChI is InChI=1S/C21H31BN2O4/c1-6-12-26-19-15-14-23-24(18-9-7-8-13-25-18)17(15)11-10-16(19)22-27-20(2,3)21(4,5)28-22/h10-11,14,18H,6-9,12-13H2,1-5H3. The van der Waals surface area contributed by atoms with Gasteiger partial charge in [-0.1, -0.05) is 13.0 Å². The highest BCUT2D eigenvalue weighted by Crippen LogP contribution is 2.38. The van der Waals surface area contributed by atoms with Gasteiger partial charge in [-0.3, -0.25) is 0 Å². The molecule has 1 aromatic carbocycles. The summed E-state index contributed by atoms with van der Waals surface area (Å²) in [6.07, 6.45) is 6.07. The third-order valence-corrected chi connectivity index (χ3v) is 6.15. The number of rotatable bonds is 5. The van der Waals surface area contributed by atoms with Gasteiger partial charge in [0.1, 0.15) is 5.75 Å². The average Bonchev–Trinajstić information content (AvgIpc) is 3.18. The summed E-state index contributed by atoms with van der Waals surface area (Å²) in [5.74, 6) is 0.805. The molecule has 7 heteroatoms. The second-order valence-electron chi connectivity index (χ2n) is 8.76. The second-order valence-corrected chi connectivity index (χ2v) is 8.76. The molecule has 0 N–H and O–H groups in total. The van der Waals surface area contributed by atoms with Crippen LogP contribution in [0.5, 0.6) is 5.75 Å². The molecule has 1 atom stereocenters. The first-order chi connectivity index (χ1) is 13.3. The Hall–Kier alpha value is -1.57. The zero-order valence-electron chi connectivity index (χ0n) is 17.7. The van der Waals surface area contributed by atoms with E-state index < -0.39 is 18.3 Å². The summed E-state index contributed by atoms with van der Waals surface area (Å²) in [6.45, 7) is 11.8. The minimum Gasteiger partial charge on any atom is -0.493 e. The number of nitrogens with zero attached hydrogens (tertiary/aromatic N) is 2. The largest absolute Gasteiger partial charge is 0.498 e. The van der Waals surface area contributed by atoms with Crippen LogP contribution >= 0.6 is 0 Å². The summed E-state index contributed by atoms with van der Waals surface area (Å²) in [5, 5.41) is 5.62. The van der Waals surface area contributed by atoms with Gasteiger partial charge in [0.15, 0.2) is 6.23 Å². The zero-order chi connectivity index (χ0) is 19.9. The summed E-state index contributed by atoms with van der Waals surface area (Å²) >= 11 is 0. The third kappa shape index (κ3) is 3.33. The normalized spacial score (nSPS) is 24.0. The van der Waals surface area contributed by atoms with Crippen molar-refractivity contribution in [2.45, 2.75) is 77.7 Å². The van der Waals surface area contributed by atoms with Crippen LogP contribution in [0.1, 0.15) is 66.5 Å². The van der Waals surface area contributed by atoms with Crippen LogP contribution < -0.4 is 10.2 Å². The number of fused-ring (bicyclic) bond motifs is 1. The van der Waals surface area contributed by atoms with Gasteiger partial charge >= 0.3 is 7.12 Å².